The number of aromatic nitrogens is 3. The number of carbonyl (C=O) groups is 2. The number of aryl methyl sites for hydroxylation is 1. The molecule has 2 heterocycles. The molecular weight excluding hydrogens is 442 g/mol. The molecule has 0 atom stereocenters. The van der Waals surface area contributed by atoms with E-state index < -0.39 is 0 Å². The van der Waals surface area contributed by atoms with Crippen LogP contribution in [0.3, 0.4) is 0 Å². The molecule has 8 heteroatoms. The SMILES string of the molecule is Cn1cccc1C(=O)Nc1ccc(O)c(-c2cc(C3CCC3)n(C(=O)NCc3ccccc3)n2)c1. The number of anilines is 1. The van der Waals surface area contributed by atoms with Crippen LogP contribution in [0.15, 0.2) is 72.9 Å². The monoisotopic (exact) mass is 469 g/mol. The summed E-state index contributed by atoms with van der Waals surface area (Å²) in [4.78, 5) is 25.7. The fraction of sp³-hybridized carbons (Fsp3) is 0.222. The maximum atomic E-state index is 13.1. The maximum absolute atomic E-state index is 13.1. The van der Waals surface area contributed by atoms with Gasteiger partial charge in [-0.05, 0) is 54.8 Å². The van der Waals surface area contributed by atoms with Crippen molar-refractivity contribution in [1.29, 1.82) is 0 Å². The molecule has 5 rings (SSSR count). The van der Waals surface area contributed by atoms with Crippen molar-refractivity contribution in [2.24, 2.45) is 7.05 Å². The topological polar surface area (TPSA) is 101 Å². The minimum absolute atomic E-state index is 0.0244. The third-order valence-corrected chi connectivity index (χ3v) is 6.45. The molecule has 0 saturated heterocycles. The zero-order valence-corrected chi connectivity index (χ0v) is 19.4. The Balaban J connectivity index is 1.41. The van der Waals surface area contributed by atoms with Gasteiger partial charge in [0.05, 0.1) is 11.4 Å². The van der Waals surface area contributed by atoms with Gasteiger partial charge in [0.1, 0.15) is 11.4 Å². The number of rotatable bonds is 6. The number of benzene rings is 2. The summed E-state index contributed by atoms with van der Waals surface area (Å²) < 4.78 is 3.15. The fourth-order valence-electron chi connectivity index (χ4n) is 4.24. The number of hydrogen-bond donors (Lipinski definition) is 3. The third-order valence-electron chi connectivity index (χ3n) is 6.45. The van der Waals surface area contributed by atoms with Crippen LogP contribution in [0.5, 0.6) is 5.75 Å². The second kappa shape index (κ2) is 9.50. The predicted molar refractivity (Wildman–Crippen MR) is 133 cm³/mol. The number of hydrogen-bond acceptors (Lipinski definition) is 4. The van der Waals surface area contributed by atoms with Gasteiger partial charge in [-0.15, -0.1) is 0 Å². The second-order valence-electron chi connectivity index (χ2n) is 8.83. The summed E-state index contributed by atoms with van der Waals surface area (Å²) in [5.41, 5.74) is 3.80. The number of nitrogens with zero attached hydrogens (tertiary/aromatic N) is 3. The van der Waals surface area contributed by atoms with Crippen LogP contribution in [0.2, 0.25) is 0 Å². The number of amides is 2. The fourth-order valence-corrected chi connectivity index (χ4v) is 4.24. The summed E-state index contributed by atoms with van der Waals surface area (Å²) in [7, 11) is 1.80. The number of phenolic OH excluding ortho intramolecular Hbond substituents is 1. The standard InChI is InChI=1S/C27H27N5O3/c1-31-14-6-11-23(31)26(34)29-20-12-13-25(33)21(15-20)22-16-24(19-9-5-10-19)32(30-22)27(35)28-17-18-7-3-2-4-8-18/h2-4,6-8,11-16,19,33H,5,9-10,17H2,1H3,(H,28,35)(H,29,34). The van der Waals surface area contributed by atoms with E-state index in [1.54, 1.807) is 42.1 Å². The van der Waals surface area contributed by atoms with E-state index in [-0.39, 0.29) is 23.6 Å². The minimum Gasteiger partial charge on any atom is -0.507 e. The normalized spacial score (nSPS) is 13.3. The summed E-state index contributed by atoms with van der Waals surface area (Å²) in [5, 5.41) is 21.0. The van der Waals surface area contributed by atoms with Crippen molar-refractivity contribution in [3.63, 3.8) is 0 Å². The molecule has 4 aromatic rings. The van der Waals surface area contributed by atoms with Crippen LogP contribution in [0, 0.1) is 0 Å². The van der Waals surface area contributed by atoms with Crippen molar-refractivity contribution in [1.82, 2.24) is 19.7 Å². The van der Waals surface area contributed by atoms with Crippen LogP contribution < -0.4 is 10.6 Å². The van der Waals surface area contributed by atoms with Gasteiger partial charge in [-0.1, -0.05) is 36.8 Å². The van der Waals surface area contributed by atoms with Crippen LogP contribution in [-0.4, -0.2) is 31.4 Å². The molecular formula is C27H27N5O3. The Morgan fingerprint density at radius 1 is 1.06 bits per heavy atom. The third kappa shape index (κ3) is 4.68. The van der Waals surface area contributed by atoms with Crippen LogP contribution in [-0.2, 0) is 13.6 Å². The highest BCUT2D eigenvalue weighted by molar-refractivity contribution is 6.03. The highest BCUT2D eigenvalue weighted by Gasteiger charge is 2.27. The molecule has 1 saturated carbocycles. The molecule has 1 aliphatic carbocycles. The molecule has 0 bridgehead atoms. The van der Waals surface area contributed by atoms with Gasteiger partial charge in [-0.3, -0.25) is 4.79 Å². The lowest BCUT2D eigenvalue weighted by Gasteiger charge is -2.25. The van der Waals surface area contributed by atoms with Gasteiger partial charge in [0.15, 0.2) is 0 Å². The number of nitrogens with one attached hydrogen (secondary N) is 2. The Morgan fingerprint density at radius 3 is 2.54 bits per heavy atom. The highest BCUT2D eigenvalue weighted by Crippen LogP contribution is 2.39. The Labute approximate surface area is 203 Å². The van der Waals surface area contributed by atoms with Crippen molar-refractivity contribution in [2.45, 2.75) is 31.7 Å². The summed E-state index contributed by atoms with van der Waals surface area (Å²) in [6, 6.07) is 19.6. The van der Waals surface area contributed by atoms with E-state index in [9.17, 15) is 14.7 Å². The molecule has 8 nitrogen and oxygen atoms in total. The van der Waals surface area contributed by atoms with E-state index in [2.05, 4.69) is 15.7 Å². The second-order valence-corrected chi connectivity index (χ2v) is 8.83. The van der Waals surface area contributed by atoms with Crippen molar-refractivity contribution in [3.05, 3.63) is 89.9 Å². The Morgan fingerprint density at radius 2 is 1.86 bits per heavy atom. The van der Waals surface area contributed by atoms with Gasteiger partial charge < -0.3 is 20.3 Å². The average Bonchev–Trinajstić information content (AvgIpc) is 3.45. The summed E-state index contributed by atoms with van der Waals surface area (Å²) in [6.45, 7) is 0.394. The highest BCUT2D eigenvalue weighted by atomic mass is 16.3. The molecule has 2 amide bonds. The molecule has 0 aliphatic heterocycles. The zero-order valence-electron chi connectivity index (χ0n) is 19.4. The minimum atomic E-state index is -0.311. The van der Waals surface area contributed by atoms with E-state index in [0.29, 0.717) is 29.2 Å². The first-order chi connectivity index (χ1) is 17.0. The summed E-state index contributed by atoms with van der Waals surface area (Å²) in [6.07, 6.45) is 4.91. The van der Waals surface area contributed by atoms with Gasteiger partial charge in [0.2, 0.25) is 0 Å². The molecule has 2 aromatic carbocycles. The van der Waals surface area contributed by atoms with Crippen LogP contribution in [0.1, 0.15) is 46.9 Å². The Bertz CT molecular complexity index is 1370. The van der Waals surface area contributed by atoms with Crippen molar-refractivity contribution >= 4 is 17.6 Å². The first-order valence-electron chi connectivity index (χ1n) is 11.7. The molecule has 1 fully saturated rings. The van der Waals surface area contributed by atoms with Gasteiger partial charge in [0.25, 0.3) is 5.91 Å². The summed E-state index contributed by atoms with van der Waals surface area (Å²) in [5.74, 6) is 0.0209. The molecule has 0 radical (unpaired) electrons. The largest absolute Gasteiger partial charge is 0.507 e. The van der Waals surface area contributed by atoms with Crippen molar-refractivity contribution < 1.29 is 14.7 Å². The van der Waals surface area contributed by atoms with E-state index in [4.69, 9.17) is 0 Å². The van der Waals surface area contributed by atoms with Crippen molar-refractivity contribution in [2.75, 3.05) is 5.32 Å². The van der Waals surface area contributed by atoms with E-state index in [1.165, 1.54) is 10.7 Å². The van der Waals surface area contributed by atoms with Gasteiger partial charge >= 0.3 is 6.03 Å². The number of phenols is 1. The van der Waals surface area contributed by atoms with Crippen LogP contribution >= 0.6 is 0 Å². The molecule has 35 heavy (non-hydrogen) atoms. The Hall–Kier alpha value is -4.33. The van der Waals surface area contributed by atoms with E-state index in [0.717, 1.165) is 30.5 Å². The first kappa shape index (κ1) is 22.5. The molecule has 3 N–H and O–H groups in total. The smallest absolute Gasteiger partial charge is 0.342 e. The first-order valence-corrected chi connectivity index (χ1v) is 11.7. The average molecular weight is 470 g/mol. The lowest BCUT2D eigenvalue weighted by atomic mass is 9.82. The zero-order chi connectivity index (χ0) is 24.4. The molecule has 178 valence electrons. The van der Waals surface area contributed by atoms with Gasteiger partial charge in [-0.2, -0.15) is 9.78 Å². The molecule has 1 aliphatic rings. The van der Waals surface area contributed by atoms with Crippen molar-refractivity contribution in [3.8, 4) is 17.0 Å². The molecule has 0 spiro atoms. The van der Waals surface area contributed by atoms with E-state index in [1.807, 2.05) is 36.4 Å². The maximum Gasteiger partial charge on any atom is 0.342 e. The van der Waals surface area contributed by atoms with Crippen LogP contribution in [0.25, 0.3) is 11.3 Å². The van der Waals surface area contributed by atoms with Gasteiger partial charge in [-0.25, -0.2) is 4.79 Å². The van der Waals surface area contributed by atoms with Crippen LogP contribution in [0.4, 0.5) is 10.5 Å². The Kier molecular flexibility index (Phi) is 6.10. The van der Waals surface area contributed by atoms with E-state index >= 15 is 0 Å². The lowest BCUT2D eigenvalue weighted by molar-refractivity contribution is 0.101. The lowest BCUT2D eigenvalue weighted by Crippen LogP contribution is -2.31. The summed E-state index contributed by atoms with van der Waals surface area (Å²) >= 11 is 0. The number of aromatic hydroxyl groups is 1. The molecule has 2 aromatic heterocycles. The molecule has 0 unspecified atom stereocenters. The van der Waals surface area contributed by atoms with Gasteiger partial charge in [0, 0.05) is 37.0 Å². The quantitative estimate of drug-likeness (QED) is 0.351. The number of carbonyl (C=O) groups excluding carboxylic acids is 2. The predicted octanol–water partition coefficient (Wildman–Crippen LogP) is 4.87.